The third-order valence-electron chi connectivity index (χ3n) is 3.89. The van der Waals surface area contributed by atoms with Gasteiger partial charge in [-0.2, -0.15) is 4.99 Å². The molecule has 138 valence electrons. The van der Waals surface area contributed by atoms with Crippen molar-refractivity contribution in [2.24, 2.45) is 4.99 Å². The molecule has 0 radical (unpaired) electrons. The van der Waals surface area contributed by atoms with E-state index in [1.807, 2.05) is 0 Å². The summed E-state index contributed by atoms with van der Waals surface area (Å²) in [5.74, 6) is -3.26. The predicted molar refractivity (Wildman–Crippen MR) is 94.7 cm³/mol. The third-order valence-corrected chi connectivity index (χ3v) is 4.79. The van der Waals surface area contributed by atoms with Crippen molar-refractivity contribution in [1.82, 2.24) is 10.2 Å². The van der Waals surface area contributed by atoms with Crippen LogP contribution >= 0.6 is 11.8 Å². The molecule has 2 aliphatic rings. The van der Waals surface area contributed by atoms with Crippen LogP contribution < -0.4 is 5.32 Å². The predicted octanol–water partition coefficient (Wildman–Crippen LogP) is 0.474. The molecule has 0 fully saturated rings. The first-order valence-corrected chi connectivity index (χ1v) is 8.53. The summed E-state index contributed by atoms with van der Waals surface area (Å²) in [5.41, 5.74) is 0.460. The molecular weight excluding hydrogens is 374 g/mol. The Hall–Kier alpha value is -3.27. The van der Waals surface area contributed by atoms with Crippen LogP contribution in [0, 0.1) is 0 Å². The van der Waals surface area contributed by atoms with Gasteiger partial charge in [0.2, 0.25) is 5.91 Å². The van der Waals surface area contributed by atoms with Gasteiger partial charge in [-0.15, -0.1) is 0 Å². The van der Waals surface area contributed by atoms with Gasteiger partial charge in [-0.3, -0.25) is 24.1 Å². The number of amidine groups is 1. The van der Waals surface area contributed by atoms with Crippen LogP contribution in [-0.4, -0.2) is 52.8 Å². The van der Waals surface area contributed by atoms with Crippen molar-refractivity contribution < 1.29 is 28.7 Å². The molecule has 2 heterocycles. The molecular formula is C17H13N3O6S. The largest absolute Gasteiger partial charge is 0.466 e. The molecule has 0 spiro atoms. The zero-order valence-corrected chi connectivity index (χ0v) is 15.0. The number of ether oxygens (including phenoxy) is 1. The number of aliphatic imine (C=N–C) groups is 1. The van der Waals surface area contributed by atoms with Crippen molar-refractivity contribution in [1.29, 1.82) is 0 Å². The van der Waals surface area contributed by atoms with E-state index in [1.54, 1.807) is 12.1 Å². The number of amides is 4. The Morgan fingerprint density at radius 1 is 1.19 bits per heavy atom. The van der Waals surface area contributed by atoms with Crippen molar-refractivity contribution in [2.45, 2.75) is 13.0 Å². The van der Waals surface area contributed by atoms with Gasteiger partial charge in [0.05, 0.1) is 23.1 Å². The fourth-order valence-corrected chi connectivity index (χ4v) is 3.29. The average molecular weight is 387 g/mol. The Morgan fingerprint density at radius 3 is 2.33 bits per heavy atom. The molecule has 1 aromatic carbocycles. The van der Waals surface area contributed by atoms with Crippen LogP contribution in [0.1, 0.15) is 27.6 Å². The minimum Gasteiger partial charge on any atom is -0.466 e. The van der Waals surface area contributed by atoms with Crippen LogP contribution in [0.4, 0.5) is 0 Å². The highest BCUT2D eigenvalue weighted by Crippen LogP contribution is 2.27. The molecule has 0 saturated carbocycles. The van der Waals surface area contributed by atoms with Gasteiger partial charge in [0.25, 0.3) is 17.7 Å². The number of fused-ring (bicyclic) bond motifs is 1. The normalized spacial score (nSPS) is 18.4. The quantitative estimate of drug-likeness (QED) is 0.454. The van der Waals surface area contributed by atoms with E-state index in [0.717, 1.165) is 29.8 Å². The van der Waals surface area contributed by atoms with Gasteiger partial charge in [-0.1, -0.05) is 12.1 Å². The molecule has 0 saturated heterocycles. The van der Waals surface area contributed by atoms with Gasteiger partial charge in [0, 0.05) is 6.08 Å². The van der Waals surface area contributed by atoms with Gasteiger partial charge in [-0.25, -0.2) is 4.79 Å². The highest BCUT2D eigenvalue weighted by molar-refractivity contribution is 8.18. The summed E-state index contributed by atoms with van der Waals surface area (Å²) in [6.45, 7) is 1.39. The van der Waals surface area contributed by atoms with E-state index in [4.69, 9.17) is 0 Å². The lowest BCUT2D eigenvalue weighted by Gasteiger charge is -2.21. The van der Waals surface area contributed by atoms with Gasteiger partial charge in [0.1, 0.15) is 6.04 Å². The first kappa shape index (κ1) is 18.5. The number of hydrogen-bond acceptors (Lipinski definition) is 7. The van der Waals surface area contributed by atoms with E-state index in [-0.39, 0.29) is 21.2 Å². The molecule has 0 bridgehead atoms. The number of carbonyl (C=O) groups excluding carboxylic acids is 5. The molecule has 0 aromatic heterocycles. The lowest BCUT2D eigenvalue weighted by molar-refractivity contribution is -0.135. The maximum Gasteiger partial charge on any atom is 0.331 e. The van der Waals surface area contributed by atoms with Crippen LogP contribution in [-0.2, 0) is 19.1 Å². The van der Waals surface area contributed by atoms with Crippen molar-refractivity contribution in [3.63, 3.8) is 0 Å². The summed E-state index contributed by atoms with van der Waals surface area (Å²) in [4.78, 5) is 64.7. The van der Waals surface area contributed by atoms with E-state index in [0.29, 0.717) is 0 Å². The number of thioether (sulfide) groups is 1. The standard InChI is InChI=1S/C17H13N3O6S/c1-8(20-15(24)9-5-3-4-6-10(9)16(20)25)13(22)18-17-19-14(23)11(27-17)7-12(21)26-2/h3-8H,1-2H3,(H,18,19,22,23)/b11-7+. The Bertz CT molecular complexity index is 917. The van der Waals surface area contributed by atoms with E-state index in [9.17, 15) is 24.0 Å². The molecule has 1 unspecified atom stereocenters. The van der Waals surface area contributed by atoms with E-state index >= 15 is 0 Å². The first-order valence-electron chi connectivity index (χ1n) is 7.71. The molecule has 1 atom stereocenters. The molecule has 2 aliphatic heterocycles. The minimum atomic E-state index is -1.12. The second-order valence-electron chi connectivity index (χ2n) is 5.55. The van der Waals surface area contributed by atoms with Gasteiger partial charge in [-0.05, 0) is 30.8 Å². The summed E-state index contributed by atoms with van der Waals surface area (Å²) in [6, 6.07) is 5.16. The zero-order chi connectivity index (χ0) is 19.7. The molecule has 9 nitrogen and oxygen atoms in total. The van der Waals surface area contributed by atoms with E-state index in [1.165, 1.54) is 19.1 Å². The number of nitrogens with one attached hydrogen (secondary N) is 1. The molecule has 0 aliphatic carbocycles. The fraction of sp³-hybridized carbons (Fsp3) is 0.176. The van der Waals surface area contributed by atoms with Gasteiger partial charge >= 0.3 is 5.97 Å². The number of methoxy groups -OCH3 is 1. The van der Waals surface area contributed by atoms with Gasteiger partial charge < -0.3 is 10.1 Å². The lowest BCUT2D eigenvalue weighted by atomic mass is 10.1. The van der Waals surface area contributed by atoms with Gasteiger partial charge in [0.15, 0.2) is 5.17 Å². The van der Waals surface area contributed by atoms with E-state index in [2.05, 4.69) is 15.0 Å². The van der Waals surface area contributed by atoms with Crippen LogP contribution in [0.25, 0.3) is 0 Å². The average Bonchev–Trinajstić information content (AvgIpc) is 3.11. The summed E-state index contributed by atoms with van der Waals surface area (Å²) in [5, 5.41) is 2.34. The van der Waals surface area contributed by atoms with Crippen molar-refractivity contribution in [2.75, 3.05) is 7.11 Å². The highest BCUT2D eigenvalue weighted by Gasteiger charge is 2.41. The lowest BCUT2D eigenvalue weighted by Crippen LogP contribution is -2.48. The molecule has 1 aromatic rings. The first-order chi connectivity index (χ1) is 12.8. The topological polar surface area (TPSA) is 122 Å². The van der Waals surface area contributed by atoms with E-state index < -0.39 is 35.6 Å². The third kappa shape index (κ3) is 3.38. The van der Waals surface area contributed by atoms with Crippen molar-refractivity contribution in [3.8, 4) is 0 Å². The maximum atomic E-state index is 12.4. The summed E-state index contributed by atoms with van der Waals surface area (Å²) < 4.78 is 4.44. The number of nitrogens with zero attached hydrogens (tertiary/aromatic N) is 2. The van der Waals surface area contributed by atoms with Crippen LogP contribution in [0.15, 0.2) is 40.2 Å². The fourth-order valence-electron chi connectivity index (χ4n) is 2.52. The van der Waals surface area contributed by atoms with Crippen LogP contribution in [0.3, 0.4) is 0 Å². The molecule has 10 heteroatoms. The Morgan fingerprint density at radius 2 is 1.78 bits per heavy atom. The van der Waals surface area contributed by atoms with Crippen molar-refractivity contribution >= 4 is 46.5 Å². The molecule has 27 heavy (non-hydrogen) atoms. The highest BCUT2D eigenvalue weighted by atomic mass is 32.2. The molecule has 4 amide bonds. The molecule has 1 N–H and O–H groups in total. The van der Waals surface area contributed by atoms with Crippen LogP contribution in [0.5, 0.6) is 0 Å². The van der Waals surface area contributed by atoms with Crippen LogP contribution in [0.2, 0.25) is 0 Å². The SMILES string of the molecule is COC(=O)/C=C1/SC(NC(=O)C(C)N2C(=O)c3ccccc3C2=O)=NC1=O. The smallest absolute Gasteiger partial charge is 0.331 e. The Kier molecular flexibility index (Phi) is 4.91. The Balaban J connectivity index is 1.71. The zero-order valence-electron chi connectivity index (χ0n) is 14.2. The second kappa shape index (κ2) is 7.16. The number of carbonyl (C=O) groups is 5. The number of benzene rings is 1. The second-order valence-corrected chi connectivity index (χ2v) is 6.58. The van der Waals surface area contributed by atoms with Crippen molar-refractivity contribution in [3.05, 3.63) is 46.4 Å². The number of hydrogen-bond donors (Lipinski definition) is 1. The molecule has 3 rings (SSSR count). The number of imide groups is 1. The number of esters is 1. The number of rotatable bonds is 3. The maximum absolute atomic E-state index is 12.4. The summed E-state index contributed by atoms with van der Waals surface area (Å²) in [7, 11) is 1.16. The monoisotopic (exact) mass is 387 g/mol. The Labute approximate surface area is 157 Å². The summed E-state index contributed by atoms with van der Waals surface area (Å²) in [6.07, 6.45) is 0.962. The minimum absolute atomic E-state index is 0.00877. The summed E-state index contributed by atoms with van der Waals surface area (Å²) >= 11 is 0.780.